The van der Waals surface area contributed by atoms with Crippen LogP contribution in [-0.2, 0) is 4.79 Å². The molecule has 0 saturated heterocycles. The van der Waals surface area contributed by atoms with E-state index in [4.69, 9.17) is 0 Å². The summed E-state index contributed by atoms with van der Waals surface area (Å²) in [5.74, 6) is 0.735. The topological polar surface area (TPSA) is 74.2 Å². The van der Waals surface area contributed by atoms with Gasteiger partial charge < -0.3 is 20.5 Å². The van der Waals surface area contributed by atoms with Crippen molar-refractivity contribution in [2.24, 2.45) is 5.41 Å². The maximum absolute atomic E-state index is 11.1. The highest BCUT2D eigenvalue weighted by atomic mass is 79.9. The van der Waals surface area contributed by atoms with E-state index in [1.807, 2.05) is 6.07 Å². The molecule has 0 spiro atoms. The summed E-state index contributed by atoms with van der Waals surface area (Å²) in [7, 11) is 1.80. The number of nitrogens with one attached hydrogen (secondary N) is 2. The van der Waals surface area contributed by atoms with E-state index in [1.165, 1.54) is 0 Å². The summed E-state index contributed by atoms with van der Waals surface area (Å²) in [6.45, 7) is 0.514. The molecule has 1 aromatic rings. The van der Waals surface area contributed by atoms with Crippen molar-refractivity contribution in [3.63, 3.8) is 0 Å². The van der Waals surface area contributed by atoms with Crippen LogP contribution in [-0.4, -0.2) is 36.1 Å². The summed E-state index contributed by atoms with van der Waals surface area (Å²) in [6.07, 6.45) is 3.36. The molecule has 0 aliphatic heterocycles. The minimum atomic E-state index is -0.438. The Labute approximate surface area is 114 Å². The molecule has 0 atom stereocenters. The third kappa shape index (κ3) is 2.64. The maximum atomic E-state index is 11.1. The molecule has 0 bridgehead atoms. The lowest BCUT2D eigenvalue weighted by atomic mass is 9.68. The number of aliphatic hydroxyl groups excluding tert-OH is 1. The Balaban J connectivity index is 2.05. The van der Waals surface area contributed by atoms with Gasteiger partial charge in [-0.05, 0) is 34.8 Å². The molecule has 1 saturated carbocycles. The van der Waals surface area contributed by atoms with E-state index >= 15 is 0 Å². The summed E-state index contributed by atoms with van der Waals surface area (Å²) < 4.78 is 0.873. The van der Waals surface area contributed by atoms with E-state index in [-0.39, 0.29) is 6.10 Å². The normalized spacial score (nSPS) is 26.3. The Morgan fingerprint density at radius 3 is 2.94 bits per heavy atom. The molecule has 98 valence electrons. The van der Waals surface area contributed by atoms with Crippen molar-refractivity contribution in [1.82, 2.24) is 4.98 Å². The van der Waals surface area contributed by atoms with Crippen LogP contribution in [0.2, 0.25) is 0 Å². The Hall–Kier alpha value is -1.14. The Bertz CT molecular complexity index is 447. The summed E-state index contributed by atoms with van der Waals surface area (Å²) in [5.41, 5.74) is 0.404. The number of carbonyl (C=O) groups is 1. The number of anilines is 2. The van der Waals surface area contributed by atoms with Gasteiger partial charge in [-0.25, -0.2) is 4.98 Å². The molecule has 1 aliphatic carbocycles. The third-order valence-electron chi connectivity index (χ3n) is 3.26. The highest BCUT2D eigenvalue weighted by Gasteiger charge is 2.43. The quantitative estimate of drug-likeness (QED) is 0.721. The standard InChI is InChI=1S/C12H16BrN3O2/c1-14-11-10(2-8(13)5-15-11)16-6-12(7-17)3-9(18)4-12/h2,5,7,9,16,18H,3-4,6H2,1H3,(H,14,15). The summed E-state index contributed by atoms with van der Waals surface area (Å²) in [5, 5.41) is 15.5. The van der Waals surface area contributed by atoms with Gasteiger partial charge in [0.05, 0.1) is 11.8 Å². The Morgan fingerprint density at radius 2 is 2.39 bits per heavy atom. The van der Waals surface area contributed by atoms with Crippen LogP contribution in [0.25, 0.3) is 0 Å². The molecule has 3 N–H and O–H groups in total. The van der Waals surface area contributed by atoms with E-state index in [2.05, 4.69) is 31.5 Å². The van der Waals surface area contributed by atoms with Crippen molar-refractivity contribution in [2.45, 2.75) is 18.9 Å². The minimum absolute atomic E-state index is 0.346. The zero-order chi connectivity index (χ0) is 13.2. The van der Waals surface area contributed by atoms with Crippen LogP contribution in [0.1, 0.15) is 12.8 Å². The van der Waals surface area contributed by atoms with Crippen LogP contribution in [0.4, 0.5) is 11.5 Å². The molecular formula is C12H16BrN3O2. The number of hydrogen-bond acceptors (Lipinski definition) is 5. The lowest BCUT2D eigenvalue weighted by molar-refractivity contribution is -0.126. The molecular weight excluding hydrogens is 298 g/mol. The number of pyridine rings is 1. The van der Waals surface area contributed by atoms with Gasteiger partial charge in [0.25, 0.3) is 0 Å². The van der Waals surface area contributed by atoms with Crippen LogP contribution in [0, 0.1) is 5.41 Å². The largest absolute Gasteiger partial charge is 0.393 e. The molecule has 0 amide bonds. The van der Waals surface area contributed by atoms with Gasteiger partial charge in [-0.2, -0.15) is 0 Å². The molecule has 18 heavy (non-hydrogen) atoms. The van der Waals surface area contributed by atoms with Crippen LogP contribution in [0.5, 0.6) is 0 Å². The first-order valence-corrected chi connectivity index (χ1v) is 6.59. The lowest BCUT2D eigenvalue weighted by Gasteiger charge is -2.41. The zero-order valence-electron chi connectivity index (χ0n) is 10.1. The highest BCUT2D eigenvalue weighted by molar-refractivity contribution is 9.10. The molecule has 0 aromatic carbocycles. The Kier molecular flexibility index (Phi) is 3.87. The van der Waals surface area contributed by atoms with E-state index in [0.29, 0.717) is 19.4 Å². The number of aldehydes is 1. The zero-order valence-corrected chi connectivity index (χ0v) is 11.7. The van der Waals surface area contributed by atoms with Crippen molar-refractivity contribution in [2.75, 3.05) is 24.2 Å². The van der Waals surface area contributed by atoms with Gasteiger partial charge in [-0.15, -0.1) is 0 Å². The van der Waals surface area contributed by atoms with Gasteiger partial charge in [0.2, 0.25) is 0 Å². The van der Waals surface area contributed by atoms with Crippen LogP contribution < -0.4 is 10.6 Å². The third-order valence-corrected chi connectivity index (χ3v) is 3.69. The van der Waals surface area contributed by atoms with Gasteiger partial charge in [0.15, 0.2) is 0 Å². The van der Waals surface area contributed by atoms with Crippen molar-refractivity contribution in [3.8, 4) is 0 Å². The molecule has 5 nitrogen and oxygen atoms in total. The fourth-order valence-corrected chi connectivity index (χ4v) is 2.54. The van der Waals surface area contributed by atoms with Crippen LogP contribution >= 0.6 is 15.9 Å². The van der Waals surface area contributed by atoms with Crippen molar-refractivity contribution < 1.29 is 9.90 Å². The summed E-state index contributed by atoms with van der Waals surface area (Å²) in [6, 6.07) is 1.91. The van der Waals surface area contributed by atoms with Crippen LogP contribution in [0.3, 0.4) is 0 Å². The molecule has 1 heterocycles. The smallest absolute Gasteiger partial charge is 0.149 e. The minimum Gasteiger partial charge on any atom is -0.393 e. The van der Waals surface area contributed by atoms with Gasteiger partial charge in [-0.3, -0.25) is 0 Å². The number of aliphatic hydroxyl groups is 1. The van der Waals surface area contributed by atoms with Crippen molar-refractivity contribution in [3.05, 3.63) is 16.7 Å². The maximum Gasteiger partial charge on any atom is 0.149 e. The second-order valence-corrected chi connectivity index (χ2v) is 5.61. The predicted octanol–water partition coefficient (Wildman–Crippen LogP) is 1.64. The summed E-state index contributed by atoms with van der Waals surface area (Å²) >= 11 is 3.36. The van der Waals surface area contributed by atoms with E-state index in [0.717, 1.165) is 22.3 Å². The molecule has 6 heteroatoms. The second-order valence-electron chi connectivity index (χ2n) is 4.70. The fourth-order valence-electron chi connectivity index (χ4n) is 2.21. The second kappa shape index (κ2) is 5.24. The molecule has 0 unspecified atom stereocenters. The summed E-state index contributed by atoms with van der Waals surface area (Å²) in [4.78, 5) is 15.3. The number of nitrogens with zero attached hydrogens (tertiary/aromatic N) is 1. The monoisotopic (exact) mass is 313 g/mol. The number of aromatic nitrogens is 1. The van der Waals surface area contributed by atoms with E-state index in [1.54, 1.807) is 13.2 Å². The lowest BCUT2D eigenvalue weighted by Crippen LogP contribution is -2.46. The van der Waals surface area contributed by atoms with Crippen LogP contribution in [0.15, 0.2) is 16.7 Å². The number of halogens is 1. The Morgan fingerprint density at radius 1 is 1.67 bits per heavy atom. The number of carbonyl (C=O) groups excluding carboxylic acids is 1. The van der Waals surface area contributed by atoms with Gasteiger partial charge in [0, 0.05) is 29.7 Å². The number of hydrogen-bond donors (Lipinski definition) is 3. The van der Waals surface area contributed by atoms with Gasteiger partial charge in [0.1, 0.15) is 12.1 Å². The fraction of sp³-hybridized carbons (Fsp3) is 0.500. The van der Waals surface area contributed by atoms with Gasteiger partial charge >= 0.3 is 0 Å². The van der Waals surface area contributed by atoms with E-state index < -0.39 is 5.41 Å². The first kappa shape index (κ1) is 13.3. The average Bonchev–Trinajstić information content (AvgIpc) is 2.33. The molecule has 1 aliphatic rings. The molecule has 0 radical (unpaired) electrons. The highest BCUT2D eigenvalue weighted by Crippen LogP contribution is 2.39. The number of rotatable bonds is 5. The molecule has 1 fully saturated rings. The molecule has 2 rings (SSSR count). The van der Waals surface area contributed by atoms with E-state index in [9.17, 15) is 9.90 Å². The average molecular weight is 314 g/mol. The first-order chi connectivity index (χ1) is 8.58. The van der Waals surface area contributed by atoms with Crippen molar-refractivity contribution in [1.29, 1.82) is 0 Å². The predicted molar refractivity (Wildman–Crippen MR) is 73.7 cm³/mol. The molecule has 1 aromatic heterocycles. The van der Waals surface area contributed by atoms with Gasteiger partial charge in [-0.1, -0.05) is 0 Å². The SMILES string of the molecule is CNc1ncc(Br)cc1NCC1(C=O)CC(O)C1. The first-order valence-electron chi connectivity index (χ1n) is 5.80. The van der Waals surface area contributed by atoms with Crippen molar-refractivity contribution >= 4 is 33.7 Å².